The van der Waals surface area contributed by atoms with Gasteiger partial charge >= 0.3 is 0 Å². The van der Waals surface area contributed by atoms with Crippen LogP contribution in [-0.4, -0.2) is 37.0 Å². The van der Waals surface area contributed by atoms with Gasteiger partial charge in [-0.1, -0.05) is 54.1 Å². The van der Waals surface area contributed by atoms with Crippen molar-refractivity contribution in [1.82, 2.24) is 10.2 Å². The zero-order valence-corrected chi connectivity index (χ0v) is 17.7. The standard InChI is InChI=1S/C25H26ClN3O/c26-23-11-9-20(10-12-23)19-28-13-15-29(16-14-28)24-8-4-5-21(17-24)18-27-25(30)22-6-2-1-3-7-22/h1-12,17H,13-16,18-19H2,(H,27,30). The zero-order valence-electron chi connectivity index (χ0n) is 16.9. The molecule has 1 fully saturated rings. The van der Waals surface area contributed by atoms with Crippen LogP contribution in [0.2, 0.25) is 5.02 Å². The predicted octanol–water partition coefficient (Wildman–Crippen LogP) is 4.59. The number of rotatable bonds is 6. The van der Waals surface area contributed by atoms with Gasteiger partial charge in [0.05, 0.1) is 0 Å². The number of hydrogen-bond donors (Lipinski definition) is 1. The first-order chi connectivity index (χ1) is 14.7. The molecule has 0 bridgehead atoms. The van der Waals surface area contributed by atoms with Crippen LogP contribution in [0.4, 0.5) is 5.69 Å². The van der Waals surface area contributed by atoms with Gasteiger partial charge in [-0.3, -0.25) is 9.69 Å². The van der Waals surface area contributed by atoms with Crippen LogP contribution in [-0.2, 0) is 13.1 Å². The molecule has 3 aromatic carbocycles. The van der Waals surface area contributed by atoms with Gasteiger partial charge in [-0.2, -0.15) is 0 Å². The number of hydrogen-bond acceptors (Lipinski definition) is 3. The Labute approximate surface area is 183 Å². The fraction of sp³-hybridized carbons (Fsp3) is 0.240. The van der Waals surface area contributed by atoms with Gasteiger partial charge in [0, 0.05) is 55.5 Å². The molecule has 1 aliphatic heterocycles. The van der Waals surface area contributed by atoms with Crippen LogP contribution in [0.15, 0.2) is 78.9 Å². The van der Waals surface area contributed by atoms with Crippen LogP contribution >= 0.6 is 11.6 Å². The second kappa shape index (κ2) is 9.79. The quantitative estimate of drug-likeness (QED) is 0.634. The molecule has 5 heteroatoms. The third-order valence-electron chi connectivity index (χ3n) is 5.46. The molecule has 0 aliphatic carbocycles. The van der Waals surface area contributed by atoms with Gasteiger partial charge in [0.1, 0.15) is 0 Å². The van der Waals surface area contributed by atoms with E-state index in [1.54, 1.807) is 0 Å². The number of benzene rings is 3. The van der Waals surface area contributed by atoms with Crippen LogP contribution < -0.4 is 10.2 Å². The van der Waals surface area contributed by atoms with Gasteiger partial charge in [0.15, 0.2) is 0 Å². The number of anilines is 1. The minimum atomic E-state index is -0.0446. The van der Waals surface area contributed by atoms with Crippen molar-refractivity contribution in [3.63, 3.8) is 0 Å². The maximum Gasteiger partial charge on any atom is 0.251 e. The van der Waals surface area contributed by atoms with Crippen molar-refractivity contribution in [2.75, 3.05) is 31.1 Å². The summed E-state index contributed by atoms with van der Waals surface area (Å²) >= 11 is 5.98. The summed E-state index contributed by atoms with van der Waals surface area (Å²) in [5, 5.41) is 3.79. The Kier molecular flexibility index (Phi) is 6.67. The molecule has 1 N–H and O–H groups in total. The van der Waals surface area contributed by atoms with Crippen LogP contribution in [0.3, 0.4) is 0 Å². The second-order valence-corrected chi connectivity index (χ2v) is 8.04. The lowest BCUT2D eigenvalue weighted by molar-refractivity contribution is 0.0951. The SMILES string of the molecule is O=C(NCc1cccc(N2CCN(Cc3ccc(Cl)cc3)CC2)c1)c1ccccc1. The minimum Gasteiger partial charge on any atom is -0.369 e. The smallest absolute Gasteiger partial charge is 0.251 e. The predicted molar refractivity (Wildman–Crippen MR) is 123 cm³/mol. The molecular weight excluding hydrogens is 394 g/mol. The number of halogens is 1. The molecular formula is C25H26ClN3O. The lowest BCUT2D eigenvalue weighted by Gasteiger charge is -2.36. The molecule has 0 radical (unpaired) electrons. The summed E-state index contributed by atoms with van der Waals surface area (Å²) in [6, 6.07) is 25.9. The second-order valence-electron chi connectivity index (χ2n) is 7.61. The van der Waals surface area contributed by atoms with Crippen LogP contribution in [0.5, 0.6) is 0 Å². The first kappa shape index (κ1) is 20.5. The number of carbonyl (C=O) groups is 1. The highest BCUT2D eigenvalue weighted by Gasteiger charge is 2.17. The highest BCUT2D eigenvalue weighted by atomic mass is 35.5. The Morgan fingerprint density at radius 3 is 2.30 bits per heavy atom. The van der Waals surface area contributed by atoms with Crippen molar-refractivity contribution in [3.05, 3.63) is 101 Å². The minimum absolute atomic E-state index is 0.0446. The van der Waals surface area contributed by atoms with Crippen molar-refractivity contribution in [1.29, 1.82) is 0 Å². The number of carbonyl (C=O) groups excluding carboxylic acids is 1. The summed E-state index contributed by atoms with van der Waals surface area (Å²) in [5.74, 6) is -0.0446. The van der Waals surface area contributed by atoms with Crippen molar-refractivity contribution >= 4 is 23.2 Å². The Hall–Kier alpha value is -2.82. The monoisotopic (exact) mass is 419 g/mol. The molecule has 3 aromatic rings. The summed E-state index contributed by atoms with van der Waals surface area (Å²) < 4.78 is 0. The van der Waals surface area contributed by atoms with Crippen LogP contribution in [0.1, 0.15) is 21.5 Å². The van der Waals surface area contributed by atoms with E-state index in [1.807, 2.05) is 42.5 Å². The maximum absolute atomic E-state index is 12.3. The molecule has 1 saturated heterocycles. The summed E-state index contributed by atoms with van der Waals surface area (Å²) in [6.07, 6.45) is 0. The highest BCUT2D eigenvalue weighted by Crippen LogP contribution is 2.19. The van der Waals surface area contributed by atoms with E-state index < -0.39 is 0 Å². The molecule has 0 atom stereocenters. The molecule has 4 nitrogen and oxygen atoms in total. The molecule has 154 valence electrons. The van der Waals surface area contributed by atoms with E-state index in [0.29, 0.717) is 12.1 Å². The van der Waals surface area contributed by atoms with Crippen LogP contribution in [0.25, 0.3) is 0 Å². The van der Waals surface area contributed by atoms with Crippen LogP contribution in [0, 0.1) is 0 Å². The van der Waals surface area contributed by atoms with Gasteiger partial charge in [0.25, 0.3) is 5.91 Å². The lowest BCUT2D eigenvalue weighted by atomic mass is 10.1. The van der Waals surface area contributed by atoms with E-state index in [0.717, 1.165) is 43.3 Å². The van der Waals surface area contributed by atoms with Crippen molar-refractivity contribution in [2.24, 2.45) is 0 Å². The van der Waals surface area contributed by atoms with E-state index in [1.165, 1.54) is 11.3 Å². The van der Waals surface area contributed by atoms with Gasteiger partial charge in [-0.15, -0.1) is 0 Å². The number of nitrogens with one attached hydrogen (secondary N) is 1. The van der Waals surface area contributed by atoms with Crippen molar-refractivity contribution < 1.29 is 4.79 Å². The highest BCUT2D eigenvalue weighted by molar-refractivity contribution is 6.30. The molecule has 0 aromatic heterocycles. The fourth-order valence-electron chi connectivity index (χ4n) is 3.75. The van der Waals surface area contributed by atoms with Gasteiger partial charge in [-0.25, -0.2) is 0 Å². The van der Waals surface area contributed by atoms with Gasteiger partial charge in [0.2, 0.25) is 0 Å². The maximum atomic E-state index is 12.3. The molecule has 0 spiro atoms. The number of nitrogens with zero attached hydrogens (tertiary/aromatic N) is 2. The molecule has 0 unspecified atom stereocenters. The molecule has 1 amide bonds. The Morgan fingerprint density at radius 2 is 1.57 bits per heavy atom. The van der Waals surface area contributed by atoms with Gasteiger partial charge in [-0.05, 0) is 47.5 Å². The third kappa shape index (κ3) is 5.41. The molecule has 4 rings (SSSR count). The van der Waals surface area contributed by atoms with E-state index in [-0.39, 0.29) is 5.91 Å². The Balaban J connectivity index is 1.30. The summed E-state index contributed by atoms with van der Waals surface area (Å²) in [5.41, 5.74) is 4.31. The van der Waals surface area contributed by atoms with E-state index in [2.05, 4.69) is 51.5 Å². The topological polar surface area (TPSA) is 35.6 Å². The number of piperazine rings is 1. The fourth-order valence-corrected chi connectivity index (χ4v) is 3.88. The Bertz CT molecular complexity index is 967. The molecule has 1 aliphatic rings. The molecule has 1 heterocycles. The largest absolute Gasteiger partial charge is 0.369 e. The Morgan fingerprint density at radius 1 is 0.833 bits per heavy atom. The summed E-state index contributed by atoms with van der Waals surface area (Å²) in [6.45, 7) is 5.52. The molecule has 30 heavy (non-hydrogen) atoms. The van der Waals surface area contributed by atoms with E-state index in [4.69, 9.17) is 11.6 Å². The lowest BCUT2D eigenvalue weighted by Crippen LogP contribution is -2.46. The summed E-state index contributed by atoms with van der Waals surface area (Å²) in [7, 11) is 0. The van der Waals surface area contributed by atoms with Gasteiger partial charge < -0.3 is 10.2 Å². The first-order valence-electron chi connectivity index (χ1n) is 10.3. The zero-order chi connectivity index (χ0) is 20.8. The van der Waals surface area contributed by atoms with E-state index in [9.17, 15) is 4.79 Å². The average molecular weight is 420 g/mol. The average Bonchev–Trinajstić information content (AvgIpc) is 2.80. The van der Waals surface area contributed by atoms with E-state index >= 15 is 0 Å². The third-order valence-corrected chi connectivity index (χ3v) is 5.71. The van der Waals surface area contributed by atoms with Crippen molar-refractivity contribution in [3.8, 4) is 0 Å². The molecule has 0 saturated carbocycles. The first-order valence-corrected chi connectivity index (χ1v) is 10.7. The normalized spacial score (nSPS) is 14.5. The summed E-state index contributed by atoms with van der Waals surface area (Å²) in [4.78, 5) is 17.2. The van der Waals surface area contributed by atoms with Crippen molar-refractivity contribution in [2.45, 2.75) is 13.1 Å². The number of amides is 1.